The summed E-state index contributed by atoms with van der Waals surface area (Å²) in [6.07, 6.45) is 3.90. The maximum atomic E-state index is 13.3. The average molecular weight is 467 g/mol. The number of rotatable bonds is 5. The monoisotopic (exact) mass is 466 g/mol. The van der Waals surface area contributed by atoms with Crippen LogP contribution in [0.1, 0.15) is 48.0 Å². The molecular weight excluding hydrogens is 444 g/mol. The molecule has 0 N–H and O–H groups in total. The lowest BCUT2D eigenvalue weighted by Gasteiger charge is -2.28. The minimum atomic E-state index is -3.74. The van der Waals surface area contributed by atoms with Gasteiger partial charge in [0.05, 0.1) is 17.0 Å². The third-order valence-electron chi connectivity index (χ3n) is 6.61. The molecule has 2 aliphatic rings. The van der Waals surface area contributed by atoms with Gasteiger partial charge >= 0.3 is 5.76 Å². The second kappa shape index (κ2) is 7.67. The lowest BCUT2D eigenvalue weighted by molar-refractivity contribution is 0.291. The predicted molar refractivity (Wildman–Crippen MR) is 118 cm³/mol. The molecule has 6 rings (SSSR count). The zero-order valence-electron chi connectivity index (χ0n) is 17.8. The molecule has 9 nitrogen and oxygen atoms in total. The Hall–Kier alpha value is -3.24. The first-order chi connectivity index (χ1) is 16.0. The lowest BCUT2D eigenvalue weighted by Crippen LogP contribution is -2.35. The van der Waals surface area contributed by atoms with Gasteiger partial charge in [0.1, 0.15) is 0 Å². The van der Waals surface area contributed by atoms with E-state index in [-0.39, 0.29) is 17.0 Å². The largest absolute Gasteiger partial charge is 0.420 e. The number of benzene rings is 2. The Bertz CT molecular complexity index is 1510. The lowest BCUT2D eigenvalue weighted by atomic mass is 9.85. The van der Waals surface area contributed by atoms with Gasteiger partial charge in [-0.1, -0.05) is 35.8 Å². The van der Waals surface area contributed by atoms with Crippen molar-refractivity contribution in [1.82, 2.24) is 19.0 Å². The van der Waals surface area contributed by atoms with Crippen LogP contribution in [0, 0.1) is 0 Å². The van der Waals surface area contributed by atoms with Crippen LogP contribution in [0.5, 0.6) is 0 Å². The van der Waals surface area contributed by atoms with Gasteiger partial charge in [-0.05, 0) is 42.5 Å². The Balaban J connectivity index is 1.29. The molecule has 4 aromatic rings. The van der Waals surface area contributed by atoms with Crippen LogP contribution in [0.4, 0.5) is 0 Å². The van der Waals surface area contributed by atoms with E-state index in [1.807, 2.05) is 24.3 Å². The molecule has 1 saturated carbocycles. The van der Waals surface area contributed by atoms with Crippen LogP contribution in [0.25, 0.3) is 11.1 Å². The smallest absolute Gasteiger partial charge is 0.408 e. The first-order valence-corrected chi connectivity index (χ1v) is 12.5. The highest BCUT2D eigenvalue weighted by atomic mass is 32.2. The van der Waals surface area contributed by atoms with Gasteiger partial charge < -0.3 is 8.94 Å². The summed E-state index contributed by atoms with van der Waals surface area (Å²) < 4.78 is 40.1. The van der Waals surface area contributed by atoms with E-state index in [1.165, 1.54) is 26.6 Å². The van der Waals surface area contributed by atoms with E-state index < -0.39 is 15.8 Å². The van der Waals surface area contributed by atoms with Gasteiger partial charge in [0.15, 0.2) is 11.4 Å². The number of aromatic nitrogens is 3. The summed E-state index contributed by atoms with van der Waals surface area (Å²) in [5, 5.41) is 3.99. The van der Waals surface area contributed by atoms with Crippen LogP contribution in [0.2, 0.25) is 0 Å². The number of oxazole rings is 1. The van der Waals surface area contributed by atoms with E-state index in [2.05, 4.69) is 10.1 Å². The Morgan fingerprint density at radius 2 is 1.91 bits per heavy atom. The molecule has 0 atom stereocenters. The summed E-state index contributed by atoms with van der Waals surface area (Å²) in [4.78, 5) is 17.0. The molecule has 2 aromatic heterocycles. The van der Waals surface area contributed by atoms with Gasteiger partial charge in [0.25, 0.3) is 0 Å². The first kappa shape index (κ1) is 20.4. The van der Waals surface area contributed by atoms with Crippen molar-refractivity contribution < 1.29 is 17.4 Å². The van der Waals surface area contributed by atoms with Crippen molar-refractivity contribution in [2.24, 2.45) is 0 Å². The third kappa shape index (κ3) is 3.50. The maximum absolute atomic E-state index is 13.3. The normalized spacial score (nSPS) is 17.2. The standard InChI is InChI=1S/C23H22N4O5S/c28-23-27(14-21-24-22(32-25-21)16-6-3-7-16)19-9-8-18(12-20(19)31-23)33(29,30)26-11-10-15-4-1-2-5-17(15)13-26/h1-2,4-5,8-9,12,16H,3,6-7,10-11,13-14H2. The number of hydrogen-bond acceptors (Lipinski definition) is 7. The number of hydrogen-bond donors (Lipinski definition) is 0. The molecular formula is C23H22N4O5S. The number of sulfonamides is 1. The second-order valence-electron chi connectivity index (χ2n) is 8.62. The number of fused-ring (bicyclic) bond motifs is 2. The summed E-state index contributed by atoms with van der Waals surface area (Å²) in [5.74, 6) is 0.707. The minimum absolute atomic E-state index is 0.0943. The van der Waals surface area contributed by atoms with Crippen LogP contribution in [-0.4, -0.2) is 34.0 Å². The van der Waals surface area contributed by atoms with E-state index in [4.69, 9.17) is 8.94 Å². The first-order valence-electron chi connectivity index (χ1n) is 11.0. The second-order valence-corrected chi connectivity index (χ2v) is 10.6. The van der Waals surface area contributed by atoms with Gasteiger partial charge in [-0.3, -0.25) is 4.57 Å². The fourth-order valence-electron chi connectivity index (χ4n) is 4.48. The van der Waals surface area contributed by atoms with E-state index in [0.29, 0.717) is 42.7 Å². The van der Waals surface area contributed by atoms with Crippen molar-refractivity contribution in [3.8, 4) is 0 Å². The molecule has 0 bridgehead atoms. The van der Waals surface area contributed by atoms with Gasteiger partial charge in [-0.15, -0.1) is 0 Å². The zero-order chi connectivity index (χ0) is 22.6. The Morgan fingerprint density at radius 1 is 1.09 bits per heavy atom. The molecule has 33 heavy (non-hydrogen) atoms. The summed E-state index contributed by atoms with van der Waals surface area (Å²) in [7, 11) is -3.74. The summed E-state index contributed by atoms with van der Waals surface area (Å²) in [6.45, 7) is 0.823. The van der Waals surface area contributed by atoms with Crippen LogP contribution in [0.3, 0.4) is 0 Å². The quantitative estimate of drug-likeness (QED) is 0.444. The Labute approximate surface area is 189 Å². The Kier molecular flexibility index (Phi) is 4.73. The Morgan fingerprint density at radius 3 is 2.70 bits per heavy atom. The molecule has 1 aliphatic heterocycles. The molecule has 0 radical (unpaired) electrons. The van der Waals surface area contributed by atoms with Crippen molar-refractivity contribution >= 4 is 21.1 Å². The van der Waals surface area contributed by atoms with Crippen LogP contribution in [0.15, 0.2) is 61.1 Å². The molecule has 0 unspecified atom stereocenters. The van der Waals surface area contributed by atoms with Gasteiger partial charge in [0.2, 0.25) is 15.9 Å². The topological polar surface area (TPSA) is 111 Å². The van der Waals surface area contributed by atoms with Crippen LogP contribution >= 0.6 is 0 Å². The molecule has 1 fully saturated rings. The van der Waals surface area contributed by atoms with E-state index in [0.717, 1.165) is 24.8 Å². The zero-order valence-corrected chi connectivity index (χ0v) is 18.6. The molecule has 0 saturated heterocycles. The fraction of sp³-hybridized carbons (Fsp3) is 0.348. The van der Waals surface area contributed by atoms with Crippen LogP contribution < -0.4 is 5.76 Å². The van der Waals surface area contributed by atoms with Crippen molar-refractivity contribution in [3.63, 3.8) is 0 Å². The van der Waals surface area contributed by atoms with Gasteiger partial charge in [-0.2, -0.15) is 9.29 Å². The highest BCUT2D eigenvalue weighted by Crippen LogP contribution is 2.35. The molecule has 2 aromatic carbocycles. The molecule has 10 heteroatoms. The predicted octanol–water partition coefficient (Wildman–Crippen LogP) is 3.04. The van der Waals surface area contributed by atoms with E-state index in [1.54, 1.807) is 6.07 Å². The average Bonchev–Trinajstić information content (AvgIpc) is 3.36. The SMILES string of the molecule is O=c1oc2cc(S(=O)(=O)N3CCc4ccccc4C3)ccc2n1Cc1noc(C2CCC2)n1. The minimum Gasteiger partial charge on any atom is -0.408 e. The van der Waals surface area contributed by atoms with Crippen LogP contribution in [-0.2, 0) is 29.5 Å². The highest BCUT2D eigenvalue weighted by Gasteiger charge is 2.29. The van der Waals surface area contributed by atoms with Gasteiger partial charge in [0, 0.05) is 25.1 Å². The van der Waals surface area contributed by atoms with Crippen molar-refractivity contribution in [2.75, 3.05) is 6.54 Å². The third-order valence-corrected chi connectivity index (χ3v) is 8.45. The molecule has 1 aliphatic carbocycles. The summed E-state index contributed by atoms with van der Waals surface area (Å²) in [6, 6.07) is 12.4. The molecule has 0 spiro atoms. The maximum Gasteiger partial charge on any atom is 0.420 e. The van der Waals surface area contributed by atoms with E-state index >= 15 is 0 Å². The molecule has 170 valence electrons. The van der Waals surface area contributed by atoms with Crippen molar-refractivity contribution in [3.05, 3.63) is 75.9 Å². The van der Waals surface area contributed by atoms with Gasteiger partial charge in [-0.25, -0.2) is 13.2 Å². The number of nitrogens with zero attached hydrogens (tertiary/aromatic N) is 4. The molecule has 0 amide bonds. The highest BCUT2D eigenvalue weighted by molar-refractivity contribution is 7.89. The summed E-state index contributed by atoms with van der Waals surface area (Å²) >= 11 is 0. The van der Waals surface area contributed by atoms with Crippen molar-refractivity contribution in [2.45, 2.75) is 49.6 Å². The van der Waals surface area contributed by atoms with Crippen molar-refractivity contribution in [1.29, 1.82) is 0 Å². The van der Waals surface area contributed by atoms with E-state index in [9.17, 15) is 13.2 Å². The molecule has 3 heterocycles. The fourth-order valence-corrected chi connectivity index (χ4v) is 5.91. The summed E-state index contributed by atoms with van der Waals surface area (Å²) in [5.41, 5.74) is 2.87.